The molecule has 1 fully saturated rings. The van der Waals surface area contributed by atoms with Crippen LogP contribution in [0.4, 0.5) is 0 Å². The Morgan fingerprint density at radius 2 is 2.11 bits per heavy atom. The fourth-order valence-corrected chi connectivity index (χ4v) is 5.40. The van der Waals surface area contributed by atoms with Crippen LogP contribution in [0.25, 0.3) is 22.8 Å². The maximum atomic E-state index is 12.8. The summed E-state index contributed by atoms with van der Waals surface area (Å²) in [7, 11) is 4.06. The lowest BCUT2D eigenvalue weighted by atomic mass is 9.80. The quantitative estimate of drug-likeness (QED) is 0.498. The molecule has 1 amide bonds. The van der Waals surface area contributed by atoms with E-state index >= 15 is 0 Å². The molecular weight excluding hydrogens is 454 g/mol. The molecule has 1 aliphatic carbocycles. The highest BCUT2D eigenvalue weighted by molar-refractivity contribution is 5.82. The number of aromatic nitrogens is 2. The molecule has 0 unspecified atom stereocenters. The highest BCUT2D eigenvalue weighted by atomic mass is 16.5. The van der Waals surface area contributed by atoms with Crippen molar-refractivity contribution in [2.75, 3.05) is 33.7 Å². The largest absolute Gasteiger partial charge is 0.490 e. The first kappa shape index (κ1) is 24.0. The third-order valence-corrected chi connectivity index (χ3v) is 7.13. The van der Waals surface area contributed by atoms with E-state index in [-0.39, 0.29) is 17.4 Å². The molecule has 186 valence electrons. The summed E-state index contributed by atoms with van der Waals surface area (Å²) in [6.07, 6.45) is 2.34. The van der Waals surface area contributed by atoms with Crippen LogP contribution in [-0.2, 0) is 16.6 Å². The fraction of sp³-hybridized carbons (Fsp3) is 0.429. The van der Waals surface area contributed by atoms with Crippen LogP contribution >= 0.6 is 0 Å². The molecule has 36 heavy (non-hydrogen) atoms. The Morgan fingerprint density at radius 3 is 2.86 bits per heavy atom. The molecule has 1 saturated heterocycles. The van der Waals surface area contributed by atoms with Crippen molar-refractivity contribution in [3.63, 3.8) is 0 Å². The van der Waals surface area contributed by atoms with Crippen LogP contribution in [-0.4, -0.2) is 65.7 Å². The minimum Gasteiger partial charge on any atom is -0.490 e. The van der Waals surface area contributed by atoms with Gasteiger partial charge in [-0.1, -0.05) is 23.4 Å². The molecule has 1 atom stereocenters. The molecule has 8 nitrogen and oxygen atoms in total. The second kappa shape index (κ2) is 9.40. The van der Waals surface area contributed by atoms with E-state index in [4.69, 9.17) is 9.26 Å². The van der Waals surface area contributed by atoms with Crippen LogP contribution in [0, 0.1) is 11.3 Å². The topological polar surface area (TPSA) is 95.5 Å². The number of nitrogens with zero attached hydrogens (tertiary/aromatic N) is 5. The normalized spacial score (nSPS) is 18.9. The average Bonchev–Trinajstić information content (AvgIpc) is 3.55. The Labute approximate surface area is 211 Å². The maximum absolute atomic E-state index is 12.8. The van der Waals surface area contributed by atoms with E-state index in [2.05, 4.69) is 27.2 Å². The molecule has 1 aromatic heterocycles. The van der Waals surface area contributed by atoms with Crippen molar-refractivity contribution in [1.29, 1.82) is 5.26 Å². The molecule has 8 heteroatoms. The third kappa shape index (κ3) is 4.35. The number of carbonyl (C=O) groups is 1. The Kier molecular flexibility index (Phi) is 6.27. The highest BCUT2D eigenvalue weighted by Gasteiger charge is 2.48. The van der Waals surface area contributed by atoms with Gasteiger partial charge in [0.1, 0.15) is 11.8 Å². The van der Waals surface area contributed by atoms with Crippen molar-refractivity contribution in [1.82, 2.24) is 19.9 Å². The predicted molar refractivity (Wildman–Crippen MR) is 135 cm³/mol. The summed E-state index contributed by atoms with van der Waals surface area (Å²) >= 11 is 0. The number of hydrogen-bond donors (Lipinski definition) is 0. The molecule has 3 aromatic rings. The number of rotatable bonds is 7. The maximum Gasteiger partial charge on any atom is 0.258 e. The molecule has 0 bridgehead atoms. The zero-order valence-corrected chi connectivity index (χ0v) is 21.2. The van der Waals surface area contributed by atoms with Crippen molar-refractivity contribution in [2.45, 2.75) is 44.6 Å². The van der Waals surface area contributed by atoms with Gasteiger partial charge in [0.2, 0.25) is 11.7 Å². The number of nitriles is 1. The number of benzene rings is 2. The predicted octanol–water partition coefficient (Wildman–Crippen LogP) is 4.04. The van der Waals surface area contributed by atoms with E-state index in [1.807, 2.05) is 51.0 Å². The standard InChI is InChI=1S/C28H31N5O3/c1-18(2)35-24-9-8-19(14-20(24)16-29)27-30-26(31-36-27)22-6-5-7-23-21(22)10-11-28(23)15-25(34)33(17-28)13-12-32(3)4/h5-9,14,18H,10-13,15,17H2,1-4H3/t28-/m1/s1. The summed E-state index contributed by atoms with van der Waals surface area (Å²) in [4.78, 5) is 21.6. The molecule has 1 aliphatic heterocycles. The molecule has 0 radical (unpaired) electrons. The fourth-order valence-electron chi connectivity index (χ4n) is 5.40. The first-order valence-electron chi connectivity index (χ1n) is 12.4. The van der Waals surface area contributed by atoms with E-state index in [0.717, 1.165) is 38.0 Å². The van der Waals surface area contributed by atoms with Crippen LogP contribution in [0.5, 0.6) is 5.75 Å². The SMILES string of the molecule is CC(C)Oc1ccc(-c2nc(-c3cccc4c3CC[C@]43CC(=O)N(CCN(C)C)C3)no2)cc1C#N. The van der Waals surface area contributed by atoms with Gasteiger partial charge in [-0.2, -0.15) is 10.2 Å². The molecule has 0 N–H and O–H groups in total. The minimum absolute atomic E-state index is 0.0309. The number of ether oxygens (including phenoxy) is 1. The van der Waals surface area contributed by atoms with Gasteiger partial charge < -0.3 is 19.1 Å². The van der Waals surface area contributed by atoms with Gasteiger partial charge in [-0.15, -0.1) is 0 Å². The van der Waals surface area contributed by atoms with Gasteiger partial charge in [0.25, 0.3) is 5.89 Å². The van der Waals surface area contributed by atoms with Gasteiger partial charge in [-0.3, -0.25) is 4.79 Å². The monoisotopic (exact) mass is 485 g/mol. The summed E-state index contributed by atoms with van der Waals surface area (Å²) in [6, 6.07) is 13.7. The molecular formula is C28H31N5O3. The second-order valence-corrected chi connectivity index (χ2v) is 10.3. The zero-order valence-electron chi connectivity index (χ0n) is 21.2. The number of carbonyl (C=O) groups excluding carboxylic acids is 1. The Morgan fingerprint density at radius 1 is 1.28 bits per heavy atom. The first-order chi connectivity index (χ1) is 17.3. The number of likely N-dealkylation sites (N-methyl/N-ethyl adjacent to an activating group) is 1. The highest BCUT2D eigenvalue weighted by Crippen LogP contribution is 2.48. The van der Waals surface area contributed by atoms with Crippen LogP contribution in [0.3, 0.4) is 0 Å². The van der Waals surface area contributed by atoms with Crippen molar-refractivity contribution < 1.29 is 14.1 Å². The third-order valence-electron chi connectivity index (χ3n) is 7.13. The lowest BCUT2D eigenvalue weighted by molar-refractivity contribution is -0.127. The number of likely N-dealkylation sites (tertiary alicyclic amines) is 1. The smallest absolute Gasteiger partial charge is 0.258 e. The van der Waals surface area contributed by atoms with Gasteiger partial charge in [0.15, 0.2) is 0 Å². The van der Waals surface area contributed by atoms with Crippen LogP contribution in [0.2, 0.25) is 0 Å². The summed E-state index contributed by atoms with van der Waals surface area (Å²) in [5.74, 6) is 1.64. The Bertz CT molecular complexity index is 1340. The van der Waals surface area contributed by atoms with Crippen molar-refractivity contribution >= 4 is 5.91 Å². The lowest BCUT2D eigenvalue weighted by Gasteiger charge is -2.25. The second-order valence-electron chi connectivity index (χ2n) is 10.3. The summed E-state index contributed by atoms with van der Waals surface area (Å²) in [5, 5.41) is 13.8. The van der Waals surface area contributed by atoms with E-state index in [1.54, 1.807) is 12.1 Å². The Balaban J connectivity index is 1.43. The van der Waals surface area contributed by atoms with Gasteiger partial charge in [0, 0.05) is 42.6 Å². The van der Waals surface area contributed by atoms with Gasteiger partial charge in [-0.05, 0) is 70.1 Å². The summed E-state index contributed by atoms with van der Waals surface area (Å²) < 4.78 is 11.3. The van der Waals surface area contributed by atoms with E-state index in [0.29, 0.717) is 35.0 Å². The summed E-state index contributed by atoms with van der Waals surface area (Å²) in [5.41, 5.74) is 4.32. The number of fused-ring (bicyclic) bond motifs is 2. The van der Waals surface area contributed by atoms with Gasteiger partial charge in [-0.25, -0.2) is 0 Å². The van der Waals surface area contributed by atoms with E-state index in [1.165, 1.54) is 11.1 Å². The molecule has 2 aromatic carbocycles. The van der Waals surface area contributed by atoms with E-state index in [9.17, 15) is 10.1 Å². The van der Waals surface area contributed by atoms with Gasteiger partial charge >= 0.3 is 0 Å². The molecule has 5 rings (SSSR count). The molecule has 2 aliphatic rings. The molecule has 0 saturated carbocycles. The van der Waals surface area contributed by atoms with Gasteiger partial charge in [0.05, 0.1) is 11.7 Å². The zero-order chi connectivity index (χ0) is 25.4. The minimum atomic E-state index is -0.144. The lowest BCUT2D eigenvalue weighted by Crippen LogP contribution is -2.35. The first-order valence-corrected chi connectivity index (χ1v) is 12.4. The molecule has 2 heterocycles. The van der Waals surface area contributed by atoms with Crippen molar-refractivity contribution in [3.8, 4) is 34.7 Å². The average molecular weight is 486 g/mol. The number of amides is 1. The van der Waals surface area contributed by atoms with Crippen LogP contribution in [0.15, 0.2) is 40.9 Å². The molecule has 1 spiro atoms. The Hall–Kier alpha value is -3.70. The van der Waals surface area contributed by atoms with Crippen LogP contribution in [0.1, 0.15) is 43.4 Å². The van der Waals surface area contributed by atoms with Crippen LogP contribution < -0.4 is 4.74 Å². The van der Waals surface area contributed by atoms with Crippen molar-refractivity contribution in [3.05, 3.63) is 53.1 Å². The number of hydrogen-bond acceptors (Lipinski definition) is 7. The van der Waals surface area contributed by atoms with E-state index < -0.39 is 0 Å². The van der Waals surface area contributed by atoms with Crippen molar-refractivity contribution in [2.24, 2.45) is 0 Å². The summed E-state index contributed by atoms with van der Waals surface area (Å²) in [6.45, 7) is 6.21.